The van der Waals surface area contributed by atoms with Gasteiger partial charge in [-0.25, -0.2) is 9.59 Å². The zero-order chi connectivity index (χ0) is 15.5. The zero-order valence-electron chi connectivity index (χ0n) is 11.8. The molecule has 0 aromatic rings. The molecule has 114 valence electrons. The highest BCUT2D eigenvalue weighted by Crippen LogP contribution is 2.07. The number of hydrogen-bond acceptors (Lipinski definition) is 6. The molecule has 6 nitrogen and oxygen atoms in total. The average molecular weight is 286 g/mol. The van der Waals surface area contributed by atoms with Crippen molar-refractivity contribution in [3.05, 3.63) is 24.8 Å². The van der Waals surface area contributed by atoms with Gasteiger partial charge in [-0.3, -0.25) is 0 Å². The second-order valence-corrected chi connectivity index (χ2v) is 4.39. The van der Waals surface area contributed by atoms with E-state index in [4.69, 9.17) is 14.6 Å². The Morgan fingerprint density at radius 2 is 1.75 bits per heavy atom. The van der Waals surface area contributed by atoms with Gasteiger partial charge in [-0.15, -0.1) is 0 Å². The number of aliphatic hydroxyl groups is 2. The Bertz CT molecular complexity index is 350. The Morgan fingerprint density at radius 1 is 1.15 bits per heavy atom. The largest absolute Gasteiger partial charge is 0.460 e. The summed E-state index contributed by atoms with van der Waals surface area (Å²) >= 11 is 0. The lowest BCUT2D eigenvalue weighted by atomic mass is 10.1. The minimum Gasteiger partial charge on any atom is -0.460 e. The van der Waals surface area contributed by atoms with Crippen LogP contribution in [0, 0.1) is 0 Å². The zero-order valence-corrected chi connectivity index (χ0v) is 11.8. The molecule has 0 heterocycles. The van der Waals surface area contributed by atoms with Crippen molar-refractivity contribution in [1.29, 1.82) is 0 Å². The number of esters is 2. The number of rotatable bonds is 9. The van der Waals surface area contributed by atoms with E-state index in [1.165, 1.54) is 6.08 Å². The number of ether oxygens (including phenoxy) is 2. The molecule has 0 aromatic heterocycles. The number of aliphatic hydroxyl groups excluding tert-OH is 2. The van der Waals surface area contributed by atoms with Crippen molar-refractivity contribution in [1.82, 2.24) is 0 Å². The van der Waals surface area contributed by atoms with Gasteiger partial charge >= 0.3 is 11.9 Å². The van der Waals surface area contributed by atoms with E-state index in [1.54, 1.807) is 13.8 Å². The highest BCUT2D eigenvalue weighted by Gasteiger charge is 2.10. The maximum absolute atomic E-state index is 11.2. The quantitative estimate of drug-likeness (QED) is 0.479. The Hall–Kier alpha value is -1.66. The minimum absolute atomic E-state index is 0.256. The van der Waals surface area contributed by atoms with E-state index in [1.807, 2.05) is 0 Å². The molecule has 6 heteroatoms. The molecule has 0 aliphatic heterocycles. The molecule has 2 N–H and O–H groups in total. The summed E-state index contributed by atoms with van der Waals surface area (Å²) in [6.45, 7) is 6.29. The highest BCUT2D eigenvalue weighted by molar-refractivity contribution is 5.82. The van der Waals surface area contributed by atoms with Gasteiger partial charge in [0.1, 0.15) is 6.10 Å². The first-order valence-corrected chi connectivity index (χ1v) is 6.39. The van der Waals surface area contributed by atoms with Gasteiger partial charge in [0.05, 0.1) is 18.8 Å². The third kappa shape index (κ3) is 9.29. The second-order valence-electron chi connectivity index (χ2n) is 4.39. The Kier molecular flexibility index (Phi) is 9.32. The standard InChI is InChI=1S/C14H22O6/c1-4-13(17)19-10(2)5-6-12(16)7-8-14(18)20-11(3)9-15/h4,7-8,10-12,15-16H,1,5-6,9H2,2-3H3/b8-7+/t10-,11-,12-/m1/s1. The van der Waals surface area contributed by atoms with E-state index in [-0.39, 0.29) is 12.7 Å². The SMILES string of the molecule is C=CC(=O)O[C@H](C)CC[C@@H](O)/C=C/C(=O)O[C@H](C)CO. The fraction of sp³-hybridized carbons (Fsp3) is 0.571. The molecular weight excluding hydrogens is 264 g/mol. The van der Waals surface area contributed by atoms with Crippen LogP contribution in [0.2, 0.25) is 0 Å². The van der Waals surface area contributed by atoms with Crippen LogP contribution >= 0.6 is 0 Å². The van der Waals surface area contributed by atoms with Gasteiger partial charge in [0, 0.05) is 12.2 Å². The average Bonchev–Trinajstić information content (AvgIpc) is 2.42. The van der Waals surface area contributed by atoms with Crippen molar-refractivity contribution in [2.45, 2.75) is 45.0 Å². The fourth-order valence-corrected chi connectivity index (χ4v) is 1.27. The molecule has 0 aliphatic carbocycles. The van der Waals surface area contributed by atoms with E-state index < -0.39 is 24.1 Å². The van der Waals surface area contributed by atoms with E-state index in [2.05, 4.69) is 6.58 Å². The molecule has 0 spiro atoms. The van der Waals surface area contributed by atoms with E-state index in [0.29, 0.717) is 12.8 Å². The summed E-state index contributed by atoms with van der Waals surface area (Å²) in [4.78, 5) is 22.1. The fourth-order valence-electron chi connectivity index (χ4n) is 1.27. The van der Waals surface area contributed by atoms with Gasteiger partial charge in [-0.05, 0) is 32.8 Å². The maximum Gasteiger partial charge on any atom is 0.330 e. The van der Waals surface area contributed by atoms with Crippen molar-refractivity contribution in [3.63, 3.8) is 0 Å². The third-order valence-corrected chi connectivity index (χ3v) is 2.38. The summed E-state index contributed by atoms with van der Waals surface area (Å²) in [7, 11) is 0. The van der Waals surface area contributed by atoms with Crippen LogP contribution in [0.4, 0.5) is 0 Å². The number of carbonyl (C=O) groups excluding carboxylic acids is 2. The van der Waals surface area contributed by atoms with Crippen LogP contribution in [0.5, 0.6) is 0 Å². The van der Waals surface area contributed by atoms with Gasteiger partial charge < -0.3 is 19.7 Å². The van der Waals surface area contributed by atoms with Crippen molar-refractivity contribution >= 4 is 11.9 Å². The number of hydrogen-bond donors (Lipinski definition) is 2. The number of carbonyl (C=O) groups is 2. The molecular formula is C14H22O6. The van der Waals surface area contributed by atoms with Crippen LogP contribution in [0.3, 0.4) is 0 Å². The van der Waals surface area contributed by atoms with E-state index >= 15 is 0 Å². The lowest BCUT2D eigenvalue weighted by Gasteiger charge is -2.13. The Labute approximate surface area is 118 Å². The van der Waals surface area contributed by atoms with Crippen LogP contribution in [-0.2, 0) is 19.1 Å². The van der Waals surface area contributed by atoms with Crippen LogP contribution in [-0.4, -0.2) is 47.1 Å². The summed E-state index contributed by atoms with van der Waals surface area (Å²) < 4.78 is 9.71. The van der Waals surface area contributed by atoms with Gasteiger partial charge in [0.2, 0.25) is 0 Å². The molecule has 0 fully saturated rings. The molecule has 0 saturated heterocycles. The van der Waals surface area contributed by atoms with Crippen molar-refractivity contribution in [2.75, 3.05) is 6.61 Å². The molecule has 0 unspecified atom stereocenters. The predicted octanol–water partition coefficient (Wildman–Crippen LogP) is 0.725. The molecule has 0 rings (SSSR count). The summed E-state index contributed by atoms with van der Waals surface area (Å²) in [6, 6.07) is 0. The lowest BCUT2D eigenvalue weighted by Crippen LogP contribution is -2.18. The molecule has 0 aliphatic rings. The van der Waals surface area contributed by atoms with Crippen LogP contribution < -0.4 is 0 Å². The van der Waals surface area contributed by atoms with Crippen LogP contribution in [0.1, 0.15) is 26.7 Å². The Morgan fingerprint density at radius 3 is 2.30 bits per heavy atom. The van der Waals surface area contributed by atoms with Gasteiger partial charge in [0.25, 0.3) is 0 Å². The molecule has 3 atom stereocenters. The summed E-state index contributed by atoms with van der Waals surface area (Å²) in [5.74, 6) is -1.14. The lowest BCUT2D eigenvalue weighted by molar-refractivity contribution is -0.144. The highest BCUT2D eigenvalue weighted by atomic mass is 16.6. The van der Waals surface area contributed by atoms with E-state index in [9.17, 15) is 14.7 Å². The summed E-state index contributed by atoms with van der Waals surface area (Å²) in [5, 5.41) is 18.3. The second kappa shape index (κ2) is 10.2. The first kappa shape index (κ1) is 18.3. The van der Waals surface area contributed by atoms with Gasteiger partial charge in [-0.2, -0.15) is 0 Å². The van der Waals surface area contributed by atoms with Crippen molar-refractivity contribution in [3.8, 4) is 0 Å². The maximum atomic E-state index is 11.2. The third-order valence-electron chi connectivity index (χ3n) is 2.38. The minimum atomic E-state index is -0.836. The molecule has 20 heavy (non-hydrogen) atoms. The predicted molar refractivity (Wildman–Crippen MR) is 72.8 cm³/mol. The van der Waals surface area contributed by atoms with Crippen molar-refractivity contribution < 1.29 is 29.3 Å². The normalized spacial score (nSPS) is 15.4. The first-order chi connectivity index (χ1) is 9.38. The monoisotopic (exact) mass is 286 g/mol. The molecule has 0 saturated carbocycles. The summed E-state index contributed by atoms with van der Waals surface area (Å²) in [5.41, 5.74) is 0. The molecule has 0 amide bonds. The van der Waals surface area contributed by atoms with Crippen molar-refractivity contribution in [2.24, 2.45) is 0 Å². The van der Waals surface area contributed by atoms with Gasteiger partial charge in [0.15, 0.2) is 0 Å². The molecule has 0 bridgehead atoms. The van der Waals surface area contributed by atoms with Crippen LogP contribution in [0.15, 0.2) is 24.8 Å². The first-order valence-electron chi connectivity index (χ1n) is 6.39. The van der Waals surface area contributed by atoms with Crippen LogP contribution in [0.25, 0.3) is 0 Å². The topological polar surface area (TPSA) is 93.1 Å². The molecule has 0 radical (unpaired) electrons. The van der Waals surface area contributed by atoms with E-state index in [0.717, 1.165) is 12.2 Å². The smallest absolute Gasteiger partial charge is 0.330 e. The summed E-state index contributed by atoms with van der Waals surface area (Å²) in [6.07, 6.45) is 2.51. The van der Waals surface area contributed by atoms with Gasteiger partial charge in [-0.1, -0.05) is 6.58 Å². The molecule has 0 aromatic carbocycles. The Balaban J connectivity index is 3.98.